The number of hydrogen-bond acceptors (Lipinski definition) is 5. The molecule has 2 N–H and O–H groups in total. The summed E-state index contributed by atoms with van der Waals surface area (Å²) in [6.07, 6.45) is 2.51. The summed E-state index contributed by atoms with van der Waals surface area (Å²) in [6.45, 7) is 0. The van der Waals surface area contributed by atoms with E-state index in [2.05, 4.69) is 15.0 Å². The van der Waals surface area contributed by atoms with E-state index in [1.807, 2.05) is 0 Å². The molecule has 0 bridgehead atoms. The predicted octanol–water partition coefficient (Wildman–Crippen LogP) is 2.86. The molecule has 0 fully saturated rings. The van der Waals surface area contributed by atoms with Gasteiger partial charge in [0, 0.05) is 5.69 Å². The zero-order valence-electron chi connectivity index (χ0n) is 11.4. The van der Waals surface area contributed by atoms with Crippen LogP contribution in [0.5, 0.6) is 5.75 Å². The van der Waals surface area contributed by atoms with E-state index in [0.717, 1.165) is 11.9 Å². The Morgan fingerprint density at radius 1 is 1.19 bits per heavy atom. The SMILES string of the molecule is COc1ccc(Nc2ccc(NS(C)(=O)=O)cn2)cc1Cl. The quantitative estimate of drug-likeness (QED) is 0.882. The highest BCUT2D eigenvalue weighted by atomic mass is 35.5. The summed E-state index contributed by atoms with van der Waals surface area (Å²) >= 11 is 6.03. The van der Waals surface area contributed by atoms with Crippen molar-refractivity contribution in [3.8, 4) is 5.75 Å². The van der Waals surface area contributed by atoms with Crippen LogP contribution < -0.4 is 14.8 Å². The largest absolute Gasteiger partial charge is 0.495 e. The van der Waals surface area contributed by atoms with Gasteiger partial charge in [-0.1, -0.05) is 11.6 Å². The number of methoxy groups -OCH3 is 1. The van der Waals surface area contributed by atoms with Crippen LogP contribution in [-0.2, 0) is 10.0 Å². The van der Waals surface area contributed by atoms with Crippen molar-refractivity contribution in [3.63, 3.8) is 0 Å². The summed E-state index contributed by atoms with van der Waals surface area (Å²) in [5, 5.41) is 3.54. The average molecular weight is 328 g/mol. The Kier molecular flexibility index (Phi) is 4.54. The molecule has 1 aromatic carbocycles. The second-order valence-electron chi connectivity index (χ2n) is 4.28. The van der Waals surface area contributed by atoms with Gasteiger partial charge in [0.05, 0.1) is 30.3 Å². The molecule has 0 atom stereocenters. The molecule has 0 unspecified atom stereocenters. The minimum absolute atomic E-state index is 0.399. The second-order valence-corrected chi connectivity index (χ2v) is 6.44. The Bertz CT molecular complexity index is 733. The molecule has 0 aliphatic rings. The molecule has 21 heavy (non-hydrogen) atoms. The number of rotatable bonds is 5. The summed E-state index contributed by atoms with van der Waals surface area (Å²) in [5.41, 5.74) is 1.15. The first-order valence-electron chi connectivity index (χ1n) is 5.92. The number of nitrogens with one attached hydrogen (secondary N) is 2. The highest BCUT2D eigenvalue weighted by molar-refractivity contribution is 7.92. The Morgan fingerprint density at radius 2 is 1.90 bits per heavy atom. The fourth-order valence-electron chi connectivity index (χ4n) is 1.63. The molecule has 1 heterocycles. The number of benzene rings is 1. The van der Waals surface area contributed by atoms with Crippen molar-refractivity contribution < 1.29 is 13.2 Å². The molecule has 0 aliphatic heterocycles. The summed E-state index contributed by atoms with van der Waals surface area (Å²) in [5.74, 6) is 1.15. The van der Waals surface area contributed by atoms with Gasteiger partial charge in [-0.15, -0.1) is 0 Å². The van der Waals surface area contributed by atoms with E-state index in [1.165, 1.54) is 6.20 Å². The van der Waals surface area contributed by atoms with Crippen molar-refractivity contribution in [3.05, 3.63) is 41.6 Å². The minimum Gasteiger partial charge on any atom is -0.495 e. The fourth-order valence-corrected chi connectivity index (χ4v) is 2.44. The van der Waals surface area contributed by atoms with Gasteiger partial charge in [-0.2, -0.15) is 0 Å². The van der Waals surface area contributed by atoms with Crippen molar-refractivity contribution in [2.75, 3.05) is 23.4 Å². The van der Waals surface area contributed by atoms with Crippen molar-refractivity contribution in [2.45, 2.75) is 0 Å². The molecule has 0 spiro atoms. The maximum absolute atomic E-state index is 11.1. The number of ether oxygens (including phenoxy) is 1. The third-order valence-corrected chi connectivity index (χ3v) is 3.39. The highest BCUT2D eigenvalue weighted by Gasteiger charge is 2.04. The first kappa shape index (κ1) is 15.4. The lowest BCUT2D eigenvalue weighted by atomic mass is 10.3. The molecule has 2 aromatic rings. The molecule has 0 amide bonds. The molecule has 0 aliphatic carbocycles. The Labute approximate surface area is 128 Å². The number of anilines is 3. The highest BCUT2D eigenvalue weighted by Crippen LogP contribution is 2.28. The van der Waals surface area contributed by atoms with Crippen LogP contribution in [-0.4, -0.2) is 26.8 Å². The third-order valence-electron chi connectivity index (χ3n) is 2.49. The van der Waals surface area contributed by atoms with Crippen LogP contribution in [0.3, 0.4) is 0 Å². The van der Waals surface area contributed by atoms with Crippen LogP contribution in [0.25, 0.3) is 0 Å². The first-order valence-corrected chi connectivity index (χ1v) is 8.19. The maximum Gasteiger partial charge on any atom is 0.229 e. The van der Waals surface area contributed by atoms with Crippen LogP contribution in [0.15, 0.2) is 36.5 Å². The van der Waals surface area contributed by atoms with Crippen LogP contribution in [0, 0.1) is 0 Å². The zero-order chi connectivity index (χ0) is 15.5. The van der Waals surface area contributed by atoms with Gasteiger partial charge in [-0.05, 0) is 30.3 Å². The number of hydrogen-bond donors (Lipinski definition) is 2. The molecule has 112 valence electrons. The first-order chi connectivity index (χ1) is 9.87. The van der Waals surface area contributed by atoms with Gasteiger partial charge in [0.15, 0.2) is 0 Å². The van der Waals surface area contributed by atoms with Crippen molar-refractivity contribution in [1.29, 1.82) is 0 Å². The van der Waals surface area contributed by atoms with Crippen LogP contribution in [0.2, 0.25) is 5.02 Å². The van der Waals surface area contributed by atoms with Gasteiger partial charge in [0.1, 0.15) is 11.6 Å². The zero-order valence-corrected chi connectivity index (χ0v) is 13.0. The van der Waals surface area contributed by atoms with Crippen LogP contribution >= 0.6 is 11.6 Å². The maximum atomic E-state index is 11.1. The minimum atomic E-state index is -3.30. The molecular weight excluding hydrogens is 314 g/mol. The molecule has 2 rings (SSSR count). The molecule has 0 radical (unpaired) electrons. The summed E-state index contributed by atoms with van der Waals surface area (Å²) in [6, 6.07) is 8.53. The number of sulfonamides is 1. The van der Waals surface area contributed by atoms with Gasteiger partial charge in [0.25, 0.3) is 0 Å². The molecule has 0 saturated carbocycles. The fraction of sp³-hybridized carbons (Fsp3) is 0.154. The monoisotopic (exact) mass is 327 g/mol. The molecule has 6 nitrogen and oxygen atoms in total. The molecule has 8 heteroatoms. The van der Waals surface area contributed by atoms with E-state index in [1.54, 1.807) is 37.4 Å². The number of aromatic nitrogens is 1. The summed E-state index contributed by atoms with van der Waals surface area (Å²) < 4.78 is 29.6. The third kappa shape index (κ3) is 4.51. The van der Waals surface area contributed by atoms with Crippen molar-refractivity contribution in [1.82, 2.24) is 4.98 Å². The van der Waals surface area contributed by atoms with Crippen molar-refractivity contribution >= 4 is 38.8 Å². The van der Waals surface area contributed by atoms with Gasteiger partial charge in [-0.25, -0.2) is 13.4 Å². The molecule has 0 saturated heterocycles. The summed E-state index contributed by atoms with van der Waals surface area (Å²) in [4.78, 5) is 4.12. The van der Waals surface area contributed by atoms with Crippen LogP contribution in [0.1, 0.15) is 0 Å². The van der Waals surface area contributed by atoms with Gasteiger partial charge in [-0.3, -0.25) is 4.72 Å². The van der Waals surface area contributed by atoms with Gasteiger partial charge in [0.2, 0.25) is 10.0 Å². The summed E-state index contributed by atoms with van der Waals surface area (Å²) in [7, 11) is -1.76. The van der Waals surface area contributed by atoms with Crippen molar-refractivity contribution in [2.24, 2.45) is 0 Å². The lowest BCUT2D eigenvalue weighted by molar-refractivity contribution is 0.415. The van der Waals surface area contributed by atoms with E-state index in [0.29, 0.717) is 22.3 Å². The number of halogens is 1. The van der Waals surface area contributed by atoms with E-state index < -0.39 is 10.0 Å². The lowest BCUT2D eigenvalue weighted by Crippen LogP contribution is -2.09. The number of pyridine rings is 1. The van der Waals surface area contributed by atoms with Crippen LogP contribution in [0.4, 0.5) is 17.2 Å². The number of nitrogens with zero attached hydrogens (tertiary/aromatic N) is 1. The Hall–Kier alpha value is -1.99. The predicted molar refractivity (Wildman–Crippen MR) is 84.0 cm³/mol. The van der Waals surface area contributed by atoms with E-state index in [9.17, 15) is 8.42 Å². The molecule has 1 aromatic heterocycles. The Balaban J connectivity index is 2.11. The second kappa shape index (κ2) is 6.19. The Morgan fingerprint density at radius 3 is 2.43 bits per heavy atom. The van der Waals surface area contributed by atoms with E-state index in [-0.39, 0.29) is 0 Å². The van der Waals surface area contributed by atoms with E-state index >= 15 is 0 Å². The van der Waals surface area contributed by atoms with Gasteiger partial charge < -0.3 is 10.1 Å². The lowest BCUT2D eigenvalue weighted by Gasteiger charge is -2.09. The normalized spacial score (nSPS) is 11.0. The smallest absolute Gasteiger partial charge is 0.229 e. The topological polar surface area (TPSA) is 80.3 Å². The molecular formula is C13H14ClN3O3S. The standard InChI is InChI=1S/C13H14ClN3O3S/c1-20-12-5-3-9(7-11(12)14)16-13-6-4-10(8-15-13)17-21(2,18)19/h3-8,17H,1-2H3,(H,15,16). The van der Waals surface area contributed by atoms with E-state index in [4.69, 9.17) is 16.3 Å². The van der Waals surface area contributed by atoms with Gasteiger partial charge >= 0.3 is 0 Å². The average Bonchev–Trinajstić information content (AvgIpc) is 2.40.